The van der Waals surface area contributed by atoms with Crippen molar-refractivity contribution < 1.29 is 4.39 Å². The van der Waals surface area contributed by atoms with Crippen molar-refractivity contribution in [3.63, 3.8) is 0 Å². The summed E-state index contributed by atoms with van der Waals surface area (Å²) in [7, 11) is 0. The van der Waals surface area contributed by atoms with Gasteiger partial charge in [-0.25, -0.2) is 4.39 Å². The third-order valence-corrected chi connectivity index (χ3v) is 5.26. The van der Waals surface area contributed by atoms with Crippen LogP contribution in [0.5, 0.6) is 0 Å². The van der Waals surface area contributed by atoms with Crippen LogP contribution >= 0.6 is 11.6 Å². The van der Waals surface area contributed by atoms with Gasteiger partial charge in [0.2, 0.25) is 0 Å². The molecule has 2 rings (SSSR count). The van der Waals surface area contributed by atoms with Gasteiger partial charge in [-0.1, -0.05) is 31.5 Å². The molecule has 4 heteroatoms. The Morgan fingerprint density at radius 1 is 1.29 bits per heavy atom. The average molecular weight is 313 g/mol. The van der Waals surface area contributed by atoms with E-state index in [4.69, 9.17) is 11.6 Å². The van der Waals surface area contributed by atoms with Crippen LogP contribution in [0.3, 0.4) is 0 Å². The fourth-order valence-electron chi connectivity index (χ4n) is 3.00. The number of rotatable bonds is 4. The highest BCUT2D eigenvalue weighted by Gasteiger charge is 2.40. The lowest BCUT2D eigenvalue weighted by molar-refractivity contribution is 0.0161. The SMILES string of the molecule is CCC1(CC)CN(Cc2ccc(Cl)c(F)c2)C(C)(C)CN1. The van der Waals surface area contributed by atoms with Gasteiger partial charge in [-0.2, -0.15) is 0 Å². The molecule has 0 amide bonds. The highest BCUT2D eigenvalue weighted by Crippen LogP contribution is 2.30. The Kier molecular flexibility index (Phi) is 4.96. The first-order valence-corrected chi connectivity index (χ1v) is 8.14. The molecule has 1 aromatic rings. The fourth-order valence-corrected chi connectivity index (χ4v) is 3.12. The van der Waals surface area contributed by atoms with E-state index >= 15 is 0 Å². The Bertz CT molecular complexity index is 498. The third-order valence-electron chi connectivity index (χ3n) is 4.96. The molecule has 2 nitrogen and oxygen atoms in total. The molecule has 1 fully saturated rings. The Balaban J connectivity index is 2.20. The summed E-state index contributed by atoms with van der Waals surface area (Å²) in [6.45, 7) is 11.6. The minimum absolute atomic E-state index is 0.0595. The highest BCUT2D eigenvalue weighted by molar-refractivity contribution is 6.30. The van der Waals surface area contributed by atoms with Gasteiger partial charge in [0.05, 0.1) is 5.02 Å². The monoisotopic (exact) mass is 312 g/mol. The first-order valence-electron chi connectivity index (χ1n) is 7.76. The molecule has 21 heavy (non-hydrogen) atoms. The largest absolute Gasteiger partial charge is 0.308 e. The zero-order valence-electron chi connectivity index (χ0n) is 13.5. The van der Waals surface area contributed by atoms with E-state index in [1.54, 1.807) is 12.1 Å². The van der Waals surface area contributed by atoms with Crippen LogP contribution in [-0.2, 0) is 6.54 Å². The summed E-state index contributed by atoms with van der Waals surface area (Å²) < 4.78 is 13.6. The van der Waals surface area contributed by atoms with Crippen LogP contribution < -0.4 is 5.32 Å². The molecular formula is C17H26ClFN2. The molecule has 0 spiro atoms. The summed E-state index contributed by atoms with van der Waals surface area (Å²) >= 11 is 5.77. The fraction of sp³-hybridized carbons (Fsp3) is 0.647. The van der Waals surface area contributed by atoms with Crippen LogP contribution in [0, 0.1) is 5.82 Å². The van der Waals surface area contributed by atoms with Crippen LogP contribution in [0.1, 0.15) is 46.1 Å². The van der Waals surface area contributed by atoms with Crippen molar-refractivity contribution in [1.82, 2.24) is 10.2 Å². The predicted molar refractivity (Wildman–Crippen MR) is 87.2 cm³/mol. The first-order chi connectivity index (χ1) is 9.82. The molecule has 118 valence electrons. The quantitative estimate of drug-likeness (QED) is 0.895. The lowest BCUT2D eigenvalue weighted by Crippen LogP contribution is -2.67. The number of hydrogen-bond acceptors (Lipinski definition) is 2. The average Bonchev–Trinajstić information content (AvgIpc) is 2.45. The number of nitrogens with zero attached hydrogens (tertiary/aromatic N) is 1. The molecule has 0 bridgehead atoms. The molecule has 0 radical (unpaired) electrons. The number of hydrogen-bond donors (Lipinski definition) is 1. The van der Waals surface area contributed by atoms with Crippen molar-refractivity contribution in [3.8, 4) is 0 Å². The van der Waals surface area contributed by atoms with Crippen molar-refractivity contribution in [2.24, 2.45) is 0 Å². The summed E-state index contributed by atoms with van der Waals surface area (Å²) in [5.74, 6) is -0.334. The van der Waals surface area contributed by atoms with Crippen molar-refractivity contribution in [2.45, 2.75) is 58.2 Å². The Morgan fingerprint density at radius 3 is 2.52 bits per heavy atom. The van der Waals surface area contributed by atoms with E-state index in [0.29, 0.717) is 0 Å². The van der Waals surface area contributed by atoms with E-state index < -0.39 is 0 Å². The van der Waals surface area contributed by atoms with E-state index in [1.165, 1.54) is 0 Å². The second-order valence-corrected chi connectivity index (χ2v) is 7.17. The second-order valence-electron chi connectivity index (χ2n) is 6.76. The predicted octanol–water partition coefficient (Wildman–Crippen LogP) is 4.22. The normalized spacial score (nSPS) is 21.4. The van der Waals surface area contributed by atoms with E-state index in [2.05, 4.69) is 37.9 Å². The molecule has 0 saturated carbocycles. The Hall–Kier alpha value is -0.640. The van der Waals surface area contributed by atoms with Gasteiger partial charge in [0.25, 0.3) is 0 Å². The molecular weight excluding hydrogens is 287 g/mol. The number of nitrogens with one attached hydrogen (secondary N) is 1. The second kappa shape index (κ2) is 6.23. The Morgan fingerprint density at radius 2 is 1.95 bits per heavy atom. The summed E-state index contributed by atoms with van der Waals surface area (Å²) in [6, 6.07) is 5.12. The molecule has 1 N–H and O–H groups in total. The minimum Gasteiger partial charge on any atom is -0.308 e. The zero-order chi connectivity index (χ0) is 15.7. The zero-order valence-corrected chi connectivity index (χ0v) is 14.2. The molecule has 1 heterocycles. The van der Waals surface area contributed by atoms with Crippen molar-refractivity contribution in [3.05, 3.63) is 34.6 Å². The van der Waals surface area contributed by atoms with Gasteiger partial charge in [-0.15, -0.1) is 0 Å². The van der Waals surface area contributed by atoms with Crippen molar-refractivity contribution in [2.75, 3.05) is 13.1 Å². The molecule has 1 aliphatic rings. The Labute approximate surface area is 132 Å². The highest BCUT2D eigenvalue weighted by atomic mass is 35.5. The van der Waals surface area contributed by atoms with Gasteiger partial charge in [-0.05, 0) is 44.4 Å². The number of benzene rings is 1. The molecule has 1 saturated heterocycles. The van der Waals surface area contributed by atoms with Gasteiger partial charge in [0.15, 0.2) is 0 Å². The summed E-state index contributed by atoms with van der Waals surface area (Å²) in [4.78, 5) is 2.46. The van der Waals surface area contributed by atoms with Gasteiger partial charge in [0.1, 0.15) is 5.82 Å². The van der Waals surface area contributed by atoms with E-state index in [1.807, 2.05) is 6.07 Å². The van der Waals surface area contributed by atoms with E-state index in [-0.39, 0.29) is 21.9 Å². The van der Waals surface area contributed by atoms with Gasteiger partial charge in [-0.3, -0.25) is 4.90 Å². The van der Waals surface area contributed by atoms with Crippen molar-refractivity contribution in [1.29, 1.82) is 0 Å². The minimum atomic E-state index is -0.334. The lowest BCUT2D eigenvalue weighted by atomic mass is 9.84. The van der Waals surface area contributed by atoms with Crippen molar-refractivity contribution >= 4 is 11.6 Å². The number of halogens is 2. The first kappa shape index (κ1) is 16.7. The smallest absolute Gasteiger partial charge is 0.142 e. The van der Waals surface area contributed by atoms with Crippen LogP contribution in [0.2, 0.25) is 5.02 Å². The summed E-state index contributed by atoms with van der Waals surface area (Å²) in [6.07, 6.45) is 2.20. The van der Waals surface area contributed by atoms with Crippen LogP contribution in [0.25, 0.3) is 0 Å². The lowest BCUT2D eigenvalue weighted by Gasteiger charge is -2.52. The molecule has 0 aliphatic carbocycles. The maximum atomic E-state index is 13.6. The molecule has 0 unspecified atom stereocenters. The number of piperazine rings is 1. The molecule has 0 aromatic heterocycles. The van der Waals surface area contributed by atoms with Crippen LogP contribution in [-0.4, -0.2) is 29.1 Å². The molecule has 0 atom stereocenters. The molecule has 1 aliphatic heterocycles. The van der Waals surface area contributed by atoms with Crippen LogP contribution in [0.15, 0.2) is 18.2 Å². The maximum Gasteiger partial charge on any atom is 0.142 e. The topological polar surface area (TPSA) is 15.3 Å². The molecule has 1 aromatic carbocycles. The van der Waals surface area contributed by atoms with E-state index in [0.717, 1.165) is 38.0 Å². The third kappa shape index (κ3) is 3.58. The summed E-state index contributed by atoms with van der Waals surface area (Å²) in [5.41, 5.74) is 1.21. The van der Waals surface area contributed by atoms with Crippen LogP contribution in [0.4, 0.5) is 4.39 Å². The van der Waals surface area contributed by atoms with E-state index in [9.17, 15) is 4.39 Å². The van der Waals surface area contributed by atoms with Gasteiger partial charge < -0.3 is 5.32 Å². The van der Waals surface area contributed by atoms with Gasteiger partial charge >= 0.3 is 0 Å². The standard InChI is InChI=1S/C17H26ClFN2/c1-5-17(6-2)12-21(16(3,4)11-20-17)10-13-7-8-14(18)15(19)9-13/h7-9,20H,5-6,10-12H2,1-4H3. The van der Waals surface area contributed by atoms with Gasteiger partial charge in [0, 0.05) is 30.7 Å². The summed E-state index contributed by atoms with van der Waals surface area (Å²) in [5, 5.41) is 3.91. The maximum absolute atomic E-state index is 13.6.